The SMILES string of the molecule is Cc1cccc(C(=O)N(C)C(C)C(N)=S)c1Cl. The van der Waals surface area contributed by atoms with Crippen LogP contribution in [-0.2, 0) is 0 Å². The second-order valence-corrected chi connectivity index (χ2v) is 4.78. The molecule has 2 N–H and O–H groups in total. The van der Waals surface area contributed by atoms with Gasteiger partial charge >= 0.3 is 0 Å². The molecular formula is C12H15ClN2OS. The summed E-state index contributed by atoms with van der Waals surface area (Å²) < 4.78 is 0. The van der Waals surface area contributed by atoms with Gasteiger partial charge in [-0.1, -0.05) is 36.0 Å². The molecule has 0 aromatic heterocycles. The van der Waals surface area contributed by atoms with Crippen LogP contribution in [0.4, 0.5) is 0 Å². The van der Waals surface area contributed by atoms with Crippen LogP contribution >= 0.6 is 23.8 Å². The average molecular weight is 271 g/mol. The standard InChI is InChI=1S/C12H15ClN2OS/c1-7-5-4-6-9(10(7)13)12(16)15(3)8(2)11(14)17/h4-6,8H,1-3H3,(H2,14,17). The lowest BCUT2D eigenvalue weighted by Crippen LogP contribution is -2.42. The number of likely N-dealkylation sites (N-methyl/N-ethyl adjacent to an activating group) is 1. The number of nitrogens with two attached hydrogens (primary N) is 1. The minimum absolute atomic E-state index is 0.181. The summed E-state index contributed by atoms with van der Waals surface area (Å²) in [6.07, 6.45) is 0. The van der Waals surface area contributed by atoms with Crippen LogP contribution in [0, 0.1) is 6.92 Å². The molecule has 1 amide bonds. The van der Waals surface area contributed by atoms with Crippen LogP contribution < -0.4 is 5.73 Å². The van der Waals surface area contributed by atoms with Gasteiger partial charge in [0.15, 0.2) is 0 Å². The number of rotatable bonds is 3. The number of thiocarbonyl (C=S) groups is 1. The Morgan fingerprint density at radius 2 is 2.12 bits per heavy atom. The van der Waals surface area contributed by atoms with E-state index in [9.17, 15) is 4.79 Å². The molecule has 1 aromatic carbocycles. The number of hydrogen-bond acceptors (Lipinski definition) is 2. The highest BCUT2D eigenvalue weighted by Crippen LogP contribution is 2.22. The Balaban J connectivity index is 3.05. The van der Waals surface area contributed by atoms with E-state index in [1.165, 1.54) is 4.90 Å². The van der Waals surface area contributed by atoms with Crippen LogP contribution in [0.15, 0.2) is 18.2 Å². The Kier molecular flexibility index (Phi) is 4.48. The van der Waals surface area contributed by atoms with Crippen LogP contribution in [0.5, 0.6) is 0 Å². The number of hydrogen-bond donors (Lipinski definition) is 1. The number of nitrogens with zero attached hydrogens (tertiary/aromatic N) is 1. The monoisotopic (exact) mass is 270 g/mol. The zero-order valence-corrected chi connectivity index (χ0v) is 11.6. The summed E-state index contributed by atoms with van der Waals surface area (Å²) in [6, 6.07) is 5.05. The van der Waals surface area contributed by atoms with Crippen LogP contribution in [0.3, 0.4) is 0 Å². The van der Waals surface area contributed by atoms with E-state index in [0.29, 0.717) is 10.6 Å². The largest absolute Gasteiger partial charge is 0.392 e. The third-order valence-corrected chi connectivity index (χ3v) is 3.58. The zero-order chi connectivity index (χ0) is 13.2. The Morgan fingerprint density at radius 1 is 1.53 bits per heavy atom. The zero-order valence-electron chi connectivity index (χ0n) is 10.0. The lowest BCUT2D eigenvalue weighted by molar-refractivity contribution is 0.0779. The van der Waals surface area contributed by atoms with Gasteiger partial charge in [0.2, 0.25) is 0 Å². The minimum atomic E-state index is -0.297. The van der Waals surface area contributed by atoms with Crippen LogP contribution in [0.2, 0.25) is 5.02 Å². The predicted molar refractivity (Wildman–Crippen MR) is 74.5 cm³/mol. The fourth-order valence-corrected chi connectivity index (χ4v) is 1.73. The molecule has 1 rings (SSSR count). The van der Waals surface area contributed by atoms with E-state index in [4.69, 9.17) is 29.6 Å². The summed E-state index contributed by atoms with van der Waals surface area (Å²) in [6.45, 7) is 3.64. The number of amides is 1. The Bertz CT molecular complexity index is 462. The first-order valence-corrected chi connectivity index (χ1v) is 5.96. The summed E-state index contributed by atoms with van der Waals surface area (Å²) >= 11 is 11.0. The first kappa shape index (κ1) is 13.9. The second kappa shape index (κ2) is 5.47. The summed E-state index contributed by atoms with van der Waals surface area (Å²) in [5.41, 5.74) is 6.86. The van der Waals surface area contributed by atoms with Crippen molar-refractivity contribution in [3.05, 3.63) is 34.3 Å². The van der Waals surface area contributed by atoms with Crippen LogP contribution in [0.25, 0.3) is 0 Å². The van der Waals surface area contributed by atoms with Gasteiger partial charge in [-0.05, 0) is 25.5 Å². The molecule has 0 radical (unpaired) electrons. The Morgan fingerprint density at radius 3 is 2.65 bits per heavy atom. The summed E-state index contributed by atoms with van der Waals surface area (Å²) in [5.74, 6) is -0.181. The van der Waals surface area contributed by atoms with Crippen molar-refractivity contribution in [2.75, 3.05) is 7.05 Å². The van der Waals surface area contributed by atoms with E-state index in [-0.39, 0.29) is 16.9 Å². The molecule has 0 fully saturated rings. The first-order chi connectivity index (χ1) is 7.86. The number of benzene rings is 1. The van der Waals surface area contributed by atoms with E-state index < -0.39 is 0 Å². The highest BCUT2D eigenvalue weighted by molar-refractivity contribution is 7.80. The average Bonchev–Trinajstić information content (AvgIpc) is 2.29. The molecular weight excluding hydrogens is 256 g/mol. The second-order valence-electron chi connectivity index (χ2n) is 3.93. The number of halogens is 1. The molecule has 0 saturated heterocycles. The fourth-order valence-electron chi connectivity index (χ4n) is 1.37. The van der Waals surface area contributed by atoms with Gasteiger partial charge in [-0.2, -0.15) is 0 Å². The first-order valence-electron chi connectivity index (χ1n) is 5.17. The Labute approximate surface area is 112 Å². The van der Waals surface area contributed by atoms with Crippen LogP contribution in [-0.4, -0.2) is 28.9 Å². The van der Waals surface area contributed by atoms with Gasteiger partial charge in [0, 0.05) is 7.05 Å². The summed E-state index contributed by atoms with van der Waals surface area (Å²) in [7, 11) is 1.66. The van der Waals surface area contributed by atoms with Gasteiger partial charge in [-0.25, -0.2) is 0 Å². The predicted octanol–water partition coefficient (Wildman–Crippen LogP) is 2.40. The minimum Gasteiger partial charge on any atom is -0.392 e. The van der Waals surface area contributed by atoms with Crippen molar-refractivity contribution in [2.24, 2.45) is 5.73 Å². The van der Waals surface area contributed by atoms with Crippen molar-refractivity contribution in [1.82, 2.24) is 4.90 Å². The number of carbonyl (C=O) groups excluding carboxylic acids is 1. The van der Waals surface area contributed by atoms with E-state index in [1.807, 2.05) is 13.0 Å². The van der Waals surface area contributed by atoms with Gasteiger partial charge in [0.1, 0.15) is 0 Å². The highest BCUT2D eigenvalue weighted by atomic mass is 35.5. The van der Waals surface area contributed by atoms with Crippen molar-refractivity contribution in [1.29, 1.82) is 0 Å². The highest BCUT2D eigenvalue weighted by Gasteiger charge is 2.21. The molecule has 0 bridgehead atoms. The lowest BCUT2D eigenvalue weighted by Gasteiger charge is -2.24. The molecule has 3 nitrogen and oxygen atoms in total. The topological polar surface area (TPSA) is 46.3 Å². The van der Waals surface area contributed by atoms with Gasteiger partial charge in [0.05, 0.1) is 21.6 Å². The third kappa shape index (κ3) is 2.96. The maximum atomic E-state index is 12.2. The molecule has 1 unspecified atom stereocenters. The van der Waals surface area contributed by atoms with Gasteiger partial charge in [-0.3, -0.25) is 4.79 Å². The van der Waals surface area contributed by atoms with Crippen molar-refractivity contribution >= 4 is 34.7 Å². The van der Waals surface area contributed by atoms with Crippen LogP contribution in [0.1, 0.15) is 22.8 Å². The molecule has 5 heteroatoms. The van der Waals surface area contributed by atoms with Gasteiger partial charge in [-0.15, -0.1) is 0 Å². The molecule has 1 atom stereocenters. The van der Waals surface area contributed by atoms with Gasteiger partial charge in [0.25, 0.3) is 5.91 Å². The smallest absolute Gasteiger partial charge is 0.255 e. The van der Waals surface area contributed by atoms with E-state index in [2.05, 4.69) is 0 Å². The molecule has 0 aliphatic rings. The molecule has 92 valence electrons. The van der Waals surface area contributed by atoms with Gasteiger partial charge < -0.3 is 10.6 Å². The molecule has 0 saturated carbocycles. The number of aryl methyl sites for hydroxylation is 1. The molecule has 17 heavy (non-hydrogen) atoms. The quantitative estimate of drug-likeness (QED) is 0.858. The van der Waals surface area contributed by atoms with Crippen molar-refractivity contribution in [3.8, 4) is 0 Å². The lowest BCUT2D eigenvalue weighted by atomic mass is 10.1. The summed E-state index contributed by atoms with van der Waals surface area (Å²) in [5, 5.41) is 0.472. The maximum Gasteiger partial charge on any atom is 0.255 e. The molecule has 0 spiro atoms. The normalized spacial score (nSPS) is 12.0. The fraction of sp³-hybridized carbons (Fsp3) is 0.333. The van der Waals surface area contributed by atoms with E-state index >= 15 is 0 Å². The third-order valence-electron chi connectivity index (χ3n) is 2.74. The Hall–Kier alpha value is -1.13. The molecule has 1 aromatic rings. The van der Waals surface area contributed by atoms with E-state index in [0.717, 1.165) is 5.56 Å². The maximum absolute atomic E-state index is 12.2. The number of carbonyl (C=O) groups is 1. The van der Waals surface area contributed by atoms with Crippen molar-refractivity contribution < 1.29 is 4.79 Å². The molecule has 0 aliphatic carbocycles. The molecule has 0 aliphatic heterocycles. The van der Waals surface area contributed by atoms with Crippen molar-refractivity contribution in [3.63, 3.8) is 0 Å². The van der Waals surface area contributed by atoms with Crippen molar-refractivity contribution in [2.45, 2.75) is 19.9 Å². The molecule has 0 heterocycles. The van der Waals surface area contributed by atoms with E-state index in [1.54, 1.807) is 26.1 Å². The summed E-state index contributed by atoms with van der Waals surface area (Å²) in [4.78, 5) is 14.0.